The minimum atomic E-state index is -3.36. The largest absolute Gasteiger partial charge is 0.243 e. The normalized spacial score (nSPS) is 30.4. The Balaban J connectivity index is 1.92. The molecule has 0 spiro atoms. The fraction of sp³-hybridized carbons (Fsp3) is 0.500. The first-order chi connectivity index (χ1) is 9.50. The van der Waals surface area contributed by atoms with E-state index in [1.807, 2.05) is 26.0 Å². The summed E-state index contributed by atoms with van der Waals surface area (Å²) < 4.78 is 27.3. The summed E-state index contributed by atoms with van der Waals surface area (Å²) in [4.78, 5) is 0.414. The Bertz CT molecular complexity index is 618. The molecular weight excluding hydrogens is 270 g/mol. The van der Waals surface area contributed by atoms with Gasteiger partial charge in [0.25, 0.3) is 0 Å². The van der Waals surface area contributed by atoms with Crippen molar-refractivity contribution in [2.75, 3.05) is 6.54 Å². The molecule has 0 radical (unpaired) electrons. The molecule has 0 amide bonds. The lowest BCUT2D eigenvalue weighted by Gasteiger charge is -2.24. The lowest BCUT2D eigenvalue weighted by Crippen LogP contribution is -2.35. The third-order valence-corrected chi connectivity index (χ3v) is 6.63. The fourth-order valence-electron chi connectivity index (χ4n) is 3.43. The van der Waals surface area contributed by atoms with E-state index in [0.717, 1.165) is 18.4 Å². The van der Waals surface area contributed by atoms with E-state index in [-0.39, 0.29) is 6.04 Å². The minimum Gasteiger partial charge on any atom is -0.207 e. The van der Waals surface area contributed by atoms with Crippen molar-refractivity contribution in [1.82, 2.24) is 4.31 Å². The molecule has 1 aromatic carbocycles. The standard InChI is InChI=1S/C16H21NO2S/c1-12-7-9-15(10-8-12)20(18,19)17-11-14-5-3-4-6-16(14)13(17)2/h4,6-10,13-14,16H,3,5,11H2,1-2H3/t13-,14+,16-/m1/s1. The van der Waals surface area contributed by atoms with Crippen LogP contribution in [0.4, 0.5) is 0 Å². The van der Waals surface area contributed by atoms with E-state index in [2.05, 4.69) is 12.2 Å². The summed E-state index contributed by atoms with van der Waals surface area (Å²) in [5.41, 5.74) is 1.08. The van der Waals surface area contributed by atoms with E-state index >= 15 is 0 Å². The Morgan fingerprint density at radius 2 is 1.90 bits per heavy atom. The SMILES string of the molecule is Cc1ccc(S(=O)(=O)N2C[C@@H]3CCC=C[C@@H]3[C@H]2C)cc1. The van der Waals surface area contributed by atoms with Crippen molar-refractivity contribution >= 4 is 10.0 Å². The van der Waals surface area contributed by atoms with Gasteiger partial charge in [-0.1, -0.05) is 29.8 Å². The molecule has 3 atom stereocenters. The number of sulfonamides is 1. The molecule has 3 rings (SSSR count). The second kappa shape index (κ2) is 5.01. The molecule has 0 N–H and O–H groups in total. The summed E-state index contributed by atoms with van der Waals surface area (Å²) >= 11 is 0. The Hall–Kier alpha value is -1.13. The highest BCUT2D eigenvalue weighted by Crippen LogP contribution is 2.39. The second-order valence-electron chi connectivity index (χ2n) is 5.97. The zero-order valence-corrected chi connectivity index (χ0v) is 12.8. The molecule has 20 heavy (non-hydrogen) atoms. The summed E-state index contributed by atoms with van der Waals surface area (Å²) in [6.07, 6.45) is 6.58. The van der Waals surface area contributed by atoms with Crippen LogP contribution < -0.4 is 0 Å². The van der Waals surface area contributed by atoms with Gasteiger partial charge in [-0.25, -0.2) is 8.42 Å². The van der Waals surface area contributed by atoms with Crippen LogP contribution in [-0.4, -0.2) is 25.3 Å². The third kappa shape index (κ3) is 2.21. The Morgan fingerprint density at radius 1 is 1.20 bits per heavy atom. The van der Waals surface area contributed by atoms with E-state index in [1.165, 1.54) is 0 Å². The van der Waals surface area contributed by atoms with Crippen LogP contribution in [-0.2, 0) is 10.0 Å². The minimum absolute atomic E-state index is 0.0582. The van der Waals surface area contributed by atoms with Crippen molar-refractivity contribution in [1.29, 1.82) is 0 Å². The summed E-state index contributed by atoms with van der Waals surface area (Å²) in [6.45, 7) is 4.66. The number of allylic oxidation sites excluding steroid dienone is 1. The molecule has 1 heterocycles. The van der Waals surface area contributed by atoms with Gasteiger partial charge in [-0.15, -0.1) is 0 Å². The summed E-state index contributed by atoms with van der Waals surface area (Å²) in [5.74, 6) is 0.860. The Kier molecular flexibility index (Phi) is 3.46. The molecule has 1 aliphatic heterocycles. The highest BCUT2D eigenvalue weighted by atomic mass is 32.2. The van der Waals surface area contributed by atoms with Gasteiger partial charge in [0.2, 0.25) is 10.0 Å². The summed E-state index contributed by atoms with van der Waals surface area (Å²) in [7, 11) is -3.36. The highest BCUT2D eigenvalue weighted by molar-refractivity contribution is 7.89. The van der Waals surface area contributed by atoms with E-state index in [1.54, 1.807) is 16.4 Å². The zero-order valence-electron chi connectivity index (χ0n) is 12.0. The Labute approximate surface area is 121 Å². The first-order valence-electron chi connectivity index (χ1n) is 7.25. The molecule has 1 aliphatic carbocycles. The molecule has 1 fully saturated rings. The molecule has 1 saturated heterocycles. The van der Waals surface area contributed by atoms with Gasteiger partial charge in [0.15, 0.2) is 0 Å². The number of hydrogen-bond donors (Lipinski definition) is 0. The molecule has 0 aromatic heterocycles. The molecule has 0 unspecified atom stereocenters. The molecule has 0 saturated carbocycles. The predicted octanol–water partition coefficient (Wildman–Crippen LogP) is 2.97. The number of aryl methyl sites for hydroxylation is 1. The van der Waals surface area contributed by atoms with Gasteiger partial charge >= 0.3 is 0 Å². The van der Waals surface area contributed by atoms with Crippen LogP contribution in [0.5, 0.6) is 0 Å². The number of rotatable bonds is 2. The molecule has 0 bridgehead atoms. The van der Waals surface area contributed by atoms with Crippen LogP contribution >= 0.6 is 0 Å². The van der Waals surface area contributed by atoms with E-state index in [0.29, 0.717) is 23.3 Å². The second-order valence-corrected chi connectivity index (χ2v) is 7.86. The van der Waals surface area contributed by atoms with Crippen molar-refractivity contribution < 1.29 is 8.42 Å². The molecule has 3 nitrogen and oxygen atoms in total. The van der Waals surface area contributed by atoms with Crippen LogP contribution in [0.3, 0.4) is 0 Å². The van der Waals surface area contributed by atoms with Crippen LogP contribution in [0.25, 0.3) is 0 Å². The number of fused-ring (bicyclic) bond motifs is 1. The quantitative estimate of drug-likeness (QED) is 0.786. The lowest BCUT2D eigenvalue weighted by atomic mass is 9.84. The molecular formula is C16H21NO2S. The average molecular weight is 291 g/mol. The molecule has 108 valence electrons. The predicted molar refractivity (Wildman–Crippen MR) is 79.9 cm³/mol. The summed E-state index contributed by atoms with van der Waals surface area (Å²) in [5, 5.41) is 0. The molecule has 4 heteroatoms. The fourth-order valence-corrected chi connectivity index (χ4v) is 5.15. The van der Waals surface area contributed by atoms with Gasteiger partial charge in [-0.3, -0.25) is 0 Å². The monoisotopic (exact) mass is 291 g/mol. The van der Waals surface area contributed by atoms with Crippen molar-refractivity contribution in [3.05, 3.63) is 42.0 Å². The van der Waals surface area contributed by atoms with Crippen molar-refractivity contribution in [2.24, 2.45) is 11.8 Å². The van der Waals surface area contributed by atoms with Crippen molar-refractivity contribution in [2.45, 2.75) is 37.6 Å². The lowest BCUT2D eigenvalue weighted by molar-refractivity contribution is 0.379. The number of nitrogens with zero attached hydrogens (tertiary/aromatic N) is 1. The topological polar surface area (TPSA) is 37.4 Å². The van der Waals surface area contributed by atoms with E-state index < -0.39 is 10.0 Å². The Morgan fingerprint density at radius 3 is 2.55 bits per heavy atom. The van der Waals surface area contributed by atoms with Gasteiger partial charge in [-0.2, -0.15) is 4.31 Å². The maximum absolute atomic E-state index is 12.8. The van der Waals surface area contributed by atoms with Gasteiger partial charge in [0.1, 0.15) is 0 Å². The van der Waals surface area contributed by atoms with Crippen LogP contribution in [0, 0.1) is 18.8 Å². The highest BCUT2D eigenvalue weighted by Gasteiger charge is 2.44. The molecule has 1 aromatic rings. The molecule has 2 aliphatic rings. The maximum atomic E-state index is 12.8. The average Bonchev–Trinajstić information content (AvgIpc) is 2.78. The van der Waals surface area contributed by atoms with Crippen molar-refractivity contribution in [3.8, 4) is 0 Å². The van der Waals surface area contributed by atoms with Gasteiger partial charge in [0, 0.05) is 12.6 Å². The van der Waals surface area contributed by atoms with Crippen LogP contribution in [0.2, 0.25) is 0 Å². The summed E-state index contributed by atoms with van der Waals surface area (Å²) in [6, 6.07) is 7.22. The van der Waals surface area contributed by atoms with E-state index in [4.69, 9.17) is 0 Å². The van der Waals surface area contributed by atoms with Gasteiger partial charge in [0.05, 0.1) is 4.90 Å². The van der Waals surface area contributed by atoms with Crippen molar-refractivity contribution in [3.63, 3.8) is 0 Å². The van der Waals surface area contributed by atoms with Gasteiger partial charge < -0.3 is 0 Å². The van der Waals surface area contributed by atoms with E-state index in [9.17, 15) is 8.42 Å². The maximum Gasteiger partial charge on any atom is 0.243 e. The first-order valence-corrected chi connectivity index (χ1v) is 8.69. The third-order valence-electron chi connectivity index (χ3n) is 4.66. The van der Waals surface area contributed by atoms with Crippen LogP contribution in [0.15, 0.2) is 41.3 Å². The zero-order chi connectivity index (χ0) is 14.3. The number of hydrogen-bond acceptors (Lipinski definition) is 2. The van der Waals surface area contributed by atoms with Gasteiger partial charge in [-0.05, 0) is 50.7 Å². The first kappa shape index (κ1) is 13.8. The van der Waals surface area contributed by atoms with Crippen LogP contribution in [0.1, 0.15) is 25.3 Å². The number of benzene rings is 1. The smallest absolute Gasteiger partial charge is 0.207 e.